The van der Waals surface area contributed by atoms with Gasteiger partial charge in [0.15, 0.2) is 0 Å². The van der Waals surface area contributed by atoms with Crippen molar-refractivity contribution in [3.8, 4) is 17.9 Å². The number of nitrogens with one attached hydrogen (secondary N) is 2. The normalized spacial score (nSPS) is 10.4. The van der Waals surface area contributed by atoms with Crippen LogP contribution in [0.4, 0.5) is 5.69 Å². The minimum atomic E-state index is -0.497. The Labute approximate surface area is 145 Å². The highest BCUT2D eigenvalue weighted by atomic mass is 16.3. The standard InChI is InChI=1S/C19H16N4O2/c20-11-15-3-1-2-4-18(15)23-13-16(12-21)19(25)22-10-9-14-5-7-17(24)8-6-14/h1-8,13,23-24H,9-10H2,(H,22,25)/b16-13-. The average Bonchev–Trinajstić information content (AvgIpc) is 2.64. The van der Waals surface area contributed by atoms with Crippen LogP contribution in [0.2, 0.25) is 0 Å². The maximum atomic E-state index is 12.0. The van der Waals surface area contributed by atoms with Crippen LogP contribution in [0.5, 0.6) is 5.75 Å². The molecular formula is C19H16N4O2. The molecular weight excluding hydrogens is 316 g/mol. The molecule has 0 saturated carbocycles. The molecule has 0 radical (unpaired) electrons. The van der Waals surface area contributed by atoms with E-state index in [9.17, 15) is 9.90 Å². The van der Waals surface area contributed by atoms with Crippen LogP contribution in [0.1, 0.15) is 11.1 Å². The first kappa shape index (κ1) is 17.6. The lowest BCUT2D eigenvalue weighted by molar-refractivity contribution is -0.117. The fourth-order valence-electron chi connectivity index (χ4n) is 2.08. The summed E-state index contributed by atoms with van der Waals surface area (Å²) >= 11 is 0. The summed E-state index contributed by atoms with van der Waals surface area (Å²) in [5.41, 5.74) is 1.82. The summed E-state index contributed by atoms with van der Waals surface area (Å²) in [7, 11) is 0. The summed E-state index contributed by atoms with van der Waals surface area (Å²) in [6.45, 7) is 0.359. The van der Waals surface area contributed by atoms with Gasteiger partial charge in [-0.25, -0.2) is 0 Å². The number of phenols is 1. The van der Waals surface area contributed by atoms with Crippen molar-refractivity contribution in [2.45, 2.75) is 6.42 Å². The van der Waals surface area contributed by atoms with Gasteiger partial charge in [-0.3, -0.25) is 4.79 Å². The van der Waals surface area contributed by atoms with Crippen molar-refractivity contribution in [2.24, 2.45) is 0 Å². The highest BCUT2D eigenvalue weighted by Gasteiger charge is 2.08. The number of benzene rings is 2. The van der Waals surface area contributed by atoms with Crippen molar-refractivity contribution in [3.05, 3.63) is 71.4 Å². The number of nitrogens with zero attached hydrogens (tertiary/aromatic N) is 2. The topological polar surface area (TPSA) is 109 Å². The fraction of sp³-hybridized carbons (Fsp3) is 0.105. The molecule has 0 aromatic heterocycles. The SMILES string of the molecule is N#C/C(=C/Nc1ccccc1C#N)C(=O)NCCc1ccc(O)cc1. The Balaban J connectivity index is 1.93. The molecule has 0 unspecified atom stereocenters. The second kappa shape index (κ2) is 8.76. The molecule has 25 heavy (non-hydrogen) atoms. The van der Waals surface area contributed by atoms with Crippen molar-refractivity contribution < 1.29 is 9.90 Å². The molecule has 0 atom stereocenters. The van der Waals surface area contributed by atoms with Gasteiger partial charge in [-0.2, -0.15) is 10.5 Å². The van der Waals surface area contributed by atoms with Crippen LogP contribution in [0, 0.1) is 22.7 Å². The van der Waals surface area contributed by atoms with Crippen LogP contribution in [-0.2, 0) is 11.2 Å². The maximum absolute atomic E-state index is 12.0. The van der Waals surface area contributed by atoms with E-state index in [0.29, 0.717) is 24.2 Å². The molecule has 0 fully saturated rings. The lowest BCUT2D eigenvalue weighted by atomic mass is 10.1. The van der Waals surface area contributed by atoms with E-state index in [-0.39, 0.29) is 11.3 Å². The van der Waals surface area contributed by atoms with Crippen LogP contribution < -0.4 is 10.6 Å². The number of hydrogen-bond donors (Lipinski definition) is 3. The number of para-hydroxylation sites is 1. The molecule has 6 nitrogen and oxygen atoms in total. The minimum absolute atomic E-state index is 0.0848. The zero-order chi connectivity index (χ0) is 18.1. The van der Waals surface area contributed by atoms with Crippen LogP contribution in [0.15, 0.2) is 60.3 Å². The Bertz CT molecular complexity index is 858. The molecule has 2 aromatic rings. The number of aromatic hydroxyl groups is 1. The number of hydrogen-bond acceptors (Lipinski definition) is 5. The number of nitriles is 2. The predicted molar refractivity (Wildman–Crippen MR) is 93.3 cm³/mol. The van der Waals surface area contributed by atoms with E-state index in [1.54, 1.807) is 48.5 Å². The van der Waals surface area contributed by atoms with Crippen molar-refractivity contribution in [1.29, 1.82) is 10.5 Å². The molecule has 0 aliphatic carbocycles. The van der Waals surface area contributed by atoms with Gasteiger partial charge in [0.2, 0.25) is 0 Å². The van der Waals surface area contributed by atoms with Gasteiger partial charge >= 0.3 is 0 Å². The minimum Gasteiger partial charge on any atom is -0.508 e. The first-order chi connectivity index (χ1) is 12.1. The molecule has 0 aliphatic rings. The van der Waals surface area contributed by atoms with Crippen LogP contribution >= 0.6 is 0 Å². The lowest BCUT2D eigenvalue weighted by Crippen LogP contribution is -2.27. The van der Waals surface area contributed by atoms with Gasteiger partial charge in [0.25, 0.3) is 5.91 Å². The van der Waals surface area contributed by atoms with Crippen molar-refractivity contribution in [3.63, 3.8) is 0 Å². The summed E-state index contributed by atoms with van der Waals surface area (Å²) < 4.78 is 0. The van der Waals surface area contributed by atoms with E-state index < -0.39 is 5.91 Å². The van der Waals surface area contributed by atoms with Crippen molar-refractivity contribution in [1.82, 2.24) is 5.32 Å². The van der Waals surface area contributed by atoms with Gasteiger partial charge in [0.05, 0.1) is 11.3 Å². The summed E-state index contributed by atoms with van der Waals surface area (Å²) in [5.74, 6) is -0.311. The van der Waals surface area contributed by atoms with Gasteiger partial charge in [0, 0.05) is 12.7 Å². The molecule has 1 amide bonds. The molecule has 2 rings (SSSR count). The number of amides is 1. The van der Waals surface area contributed by atoms with Crippen LogP contribution in [0.25, 0.3) is 0 Å². The van der Waals surface area contributed by atoms with Gasteiger partial charge in [0.1, 0.15) is 23.5 Å². The smallest absolute Gasteiger partial charge is 0.263 e. The average molecular weight is 332 g/mol. The van der Waals surface area contributed by atoms with Crippen LogP contribution in [-0.4, -0.2) is 17.6 Å². The number of carbonyl (C=O) groups is 1. The molecule has 0 aliphatic heterocycles. The van der Waals surface area contributed by atoms with E-state index in [2.05, 4.69) is 10.6 Å². The van der Waals surface area contributed by atoms with Gasteiger partial charge < -0.3 is 15.7 Å². The Kier molecular flexibility index (Phi) is 6.16. The number of carbonyl (C=O) groups excluding carboxylic acids is 1. The fourth-order valence-corrected chi connectivity index (χ4v) is 2.08. The summed E-state index contributed by atoms with van der Waals surface area (Å²) in [4.78, 5) is 12.0. The molecule has 0 bridgehead atoms. The molecule has 0 heterocycles. The zero-order valence-corrected chi connectivity index (χ0v) is 13.4. The summed E-state index contributed by atoms with van der Waals surface area (Å²) in [6.07, 6.45) is 1.86. The van der Waals surface area contributed by atoms with Gasteiger partial charge in [-0.15, -0.1) is 0 Å². The van der Waals surface area contributed by atoms with Gasteiger partial charge in [-0.1, -0.05) is 24.3 Å². The van der Waals surface area contributed by atoms with Crippen molar-refractivity contribution >= 4 is 11.6 Å². The first-order valence-electron chi connectivity index (χ1n) is 7.56. The van der Waals surface area contributed by atoms with Gasteiger partial charge in [-0.05, 0) is 36.2 Å². The predicted octanol–water partition coefficient (Wildman–Crippen LogP) is 2.44. The van der Waals surface area contributed by atoms with E-state index in [1.165, 1.54) is 6.20 Å². The second-order valence-electron chi connectivity index (χ2n) is 5.14. The van der Waals surface area contributed by atoms with E-state index in [0.717, 1.165) is 5.56 Å². The molecule has 2 aromatic carbocycles. The Morgan fingerprint density at radius 3 is 2.52 bits per heavy atom. The summed E-state index contributed by atoms with van der Waals surface area (Å²) in [5, 5.41) is 32.9. The largest absolute Gasteiger partial charge is 0.508 e. The lowest BCUT2D eigenvalue weighted by Gasteiger charge is -2.06. The Morgan fingerprint density at radius 2 is 1.84 bits per heavy atom. The first-order valence-corrected chi connectivity index (χ1v) is 7.56. The molecule has 3 N–H and O–H groups in total. The van der Waals surface area contributed by atoms with E-state index in [4.69, 9.17) is 10.5 Å². The molecule has 6 heteroatoms. The molecule has 0 saturated heterocycles. The highest BCUT2D eigenvalue weighted by molar-refractivity contribution is 5.97. The molecule has 0 spiro atoms. The Hall–Kier alpha value is -3.77. The van der Waals surface area contributed by atoms with Crippen molar-refractivity contribution in [2.75, 3.05) is 11.9 Å². The maximum Gasteiger partial charge on any atom is 0.263 e. The number of phenolic OH excluding ortho intramolecular Hbond substituents is 1. The summed E-state index contributed by atoms with van der Waals surface area (Å²) in [6, 6.07) is 17.4. The third-order valence-corrected chi connectivity index (χ3v) is 3.42. The second-order valence-corrected chi connectivity index (χ2v) is 5.14. The highest BCUT2D eigenvalue weighted by Crippen LogP contribution is 2.14. The quantitative estimate of drug-likeness (QED) is 0.556. The third kappa shape index (κ3) is 5.12. The molecule has 124 valence electrons. The van der Waals surface area contributed by atoms with E-state index >= 15 is 0 Å². The Morgan fingerprint density at radius 1 is 1.12 bits per heavy atom. The number of rotatable bonds is 6. The zero-order valence-electron chi connectivity index (χ0n) is 13.4. The number of anilines is 1. The van der Waals surface area contributed by atoms with Crippen LogP contribution in [0.3, 0.4) is 0 Å². The van der Waals surface area contributed by atoms with E-state index in [1.807, 2.05) is 12.1 Å². The monoisotopic (exact) mass is 332 g/mol. The third-order valence-electron chi connectivity index (χ3n) is 3.42.